The van der Waals surface area contributed by atoms with Crippen LogP contribution in [0.1, 0.15) is 22.4 Å². The maximum Gasteiger partial charge on any atom is 0.417 e. The van der Waals surface area contributed by atoms with Gasteiger partial charge in [-0.25, -0.2) is 0 Å². The first-order chi connectivity index (χ1) is 9.86. The van der Waals surface area contributed by atoms with Crippen molar-refractivity contribution in [3.63, 3.8) is 0 Å². The van der Waals surface area contributed by atoms with Gasteiger partial charge in [0.2, 0.25) is 0 Å². The number of hydrogen-bond donors (Lipinski definition) is 1. The highest BCUT2D eigenvalue weighted by molar-refractivity contribution is 7.10. The zero-order valence-corrected chi connectivity index (χ0v) is 11.4. The molecule has 0 atom stereocenters. The molecule has 0 aliphatic heterocycles. The Balaban J connectivity index is 2.43. The van der Waals surface area contributed by atoms with Gasteiger partial charge in [-0.1, -0.05) is 0 Å². The number of aromatic nitrogens is 1. The molecule has 0 amide bonds. The molecule has 0 aliphatic rings. The van der Waals surface area contributed by atoms with Crippen LogP contribution in [0.3, 0.4) is 0 Å². The van der Waals surface area contributed by atoms with Crippen molar-refractivity contribution in [1.82, 2.24) is 4.37 Å². The van der Waals surface area contributed by atoms with Gasteiger partial charge < -0.3 is 5.32 Å². The zero-order chi connectivity index (χ0) is 15.6. The van der Waals surface area contributed by atoms with Crippen LogP contribution in [-0.2, 0) is 6.18 Å². The van der Waals surface area contributed by atoms with E-state index in [0.29, 0.717) is 10.7 Å². The Morgan fingerprint density at radius 3 is 2.52 bits per heavy atom. The van der Waals surface area contributed by atoms with Crippen molar-refractivity contribution in [2.45, 2.75) is 13.1 Å². The molecule has 21 heavy (non-hydrogen) atoms. The SMILES string of the molecule is Cc1nsc(Nc2ccc(C#N)c(C(F)(F)F)c2)c1C#N. The molecule has 4 nitrogen and oxygen atoms in total. The molecule has 0 bridgehead atoms. The van der Waals surface area contributed by atoms with E-state index in [1.54, 1.807) is 6.92 Å². The van der Waals surface area contributed by atoms with E-state index in [4.69, 9.17) is 10.5 Å². The fourth-order valence-corrected chi connectivity index (χ4v) is 2.44. The number of nitriles is 2. The molecule has 1 heterocycles. The number of alkyl halides is 3. The molecule has 0 saturated carbocycles. The Bertz CT molecular complexity index is 765. The van der Waals surface area contributed by atoms with Crippen molar-refractivity contribution in [2.24, 2.45) is 0 Å². The summed E-state index contributed by atoms with van der Waals surface area (Å²) >= 11 is 0.989. The average Bonchev–Trinajstić information content (AvgIpc) is 2.78. The molecular formula is C13H7F3N4S. The largest absolute Gasteiger partial charge is 0.417 e. The highest BCUT2D eigenvalue weighted by Crippen LogP contribution is 2.35. The highest BCUT2D eigenvalue weighted by Gasteiger charge is 2.33. The van der Waals surface area contributed by atoms with Gasteiger partial charge in [0.05, 0.1) is 22.9 Å². The lowest BCUT2D eigenvalue weighted by atomic mass is 10.1. The Labute approximate surface area is 122 Å². The van der Waals surface area contributed by atoms with Gasteiger partial charge in [0, 0.05) is 5.69 Å². The first kappa shape index (κ1) is 14.8. The second-order valence-corrected chi connectivity index (χ2v) is 4.85. The van der Waals surface area contributed by atoms with Crippen molar-refractivity contribution >= 4 is 22.2 Å². The minimum absolute atomic E-state index is 0.140. The third kappa shape index (κ3) is 2.96. The smallest absolute Gasteiger partial charge is 0.345 e. The monoisotopic (exact) mass is 308 g/mol. The van der Waals surface area contributed by atoms with Crippen LogP contribution in [0.4, 0.5) is 23.9 Å². The number of nitrogens with one attached hydrogen (secondary N) is 1. The van der Waals surface area contributed by atoms with Gasteiger partial charge in [-0.15, -0.1) is 0 Å². The van der Waals surface area contributed by atoms with Crippen LogP contribution >= 0.6 is 11.5 Å². The summed E-state index contributed by atoms with van der Waals surface area (Å²) in [6.07, 6.45) is -4.62. The maximum atomic E-state index is 12.9. The third-order valence-corrected chi connectivity index (χ3v) is 3.53. The number of benzene rings is 1. The van der Waals surface area contributed by atoms with Crippen molar-refractivity contribution < 1.29 is 13.2 Å². The summed E-state index contributed by atoms with van der Waals surface area (Å²) in [6, 6.07) is 6.73. The summed E-state index contributed by atoms with van der Waals surface area (Å²) < 4.78 is 42.6. The van der Waals surface area contributed by atoms with Gasteiger partial charge in [-0.3, -0.25) is 0 Å². The van der Waals surface area contributed by atoms with E-state index in [9.17, 15) is 13.2 Å². The number of anilines is 2. The van der Waals surface area contributed by atoms with Gasteiger partial charge in [0.1, 0.15) is 16.6 Å². The molecule has 2 aromatic rings. The first-order valence-corrected chi connectivity index (χ1v) is 6.39. The molecule has 1 aromatic carbocycles. The van der Waals surface area contributed by atoms with Gasteiger partial charge in [0.15, 0.2) is 0 Å². The number of halogens is 3. The predicted molar refractivity (Wildman–Crippen MR) is 71.0 cm³/mol. The van der Waals surface area contributed by atoms with Crippen molar-refractivity contribution in [1.29, 1.82) is 10.5 Å². The molecule has 1 N–H and O–H groups in total. The molecule has 0 radical (unpaired) electrons. The van der Waals surface area contributed by atoms with Gasteiger partial charge in [-0.2, -0.15) is 28.1 Å². The summed E-state index contributed by atoms with van der Waals surface area (Å²) in [7, 11) is 0. The van der Waals surface area contributed by atoms with Crippen LogP contribution in [0, 0.1) is 29.6 Å². The van der Waals surface area contributed by atoms with Crippen molar-refractivity contribution in [2.75, 3.05) is 5.32 Å². The normalized spacial score (nSPS) is 10.8. The lowest BCUT2D eigenvalue weighted by Gasteiger charge is -2.11. The minimum Gasteiger partial charge on any atom is -0.345 e. The molecule has 8 heteroatoms. The molecule has 0 spiro atoms. The van der Waals surface area contributed by atoms with E-state index in [0.717, 1.165) is 23.7 Å². The fraction of sp³-hybridized carbons (Fsp3) is 0.154. The Morgan fingerprint density at radius 2 is 1.95 bits per heavy atom. The average molecular weight is 308 g/mol. The van der Waals surface area contributed by atoms with E-state index in [1.165, 1.54) is 12.1 Å². The highest BCUT2D eigenvalue weighted by atomic mass is 32.1. The minimum atomic E-state index is -4.62. The molecule has 0 unspecified atom stereocenters. The summed E-state index contributed by atoms with van der Waals surface area (Å²) in [5.74, 6) is 0. The number of hydrogen-bond acceptors (Lipinski definition) is 5. The molecule has 0 fully saturated rings. The Hall–Kier alpha value is -2.58. The van der Waals surface area contributed by atoms with Gasteiger partial charge in [-0.05, 0) is 36.7 Å². The molecule has 0 saturated heterocycles. The summed E-state index contributed by atoms with van der Waals surface area (Å²) in [5, 5.41) is 20.8. The summed E-state index contributed by atoms with van der Waals surface area (Å²) in [6.45, 7) is 1.64. The van der Waals surface area contributed by atoms with Gasteiger partial charge >= 0.3 is 6.18 Å². The second kappa shape index (κ2) is 5.43. The van der Waals surface area contributed by atoms with E-state index in [1.807, 2.05) is 6.07 Å². The topological polar surface area (TPSA) is 72.5 Å². The van der Waals surface area contributed by atoms with Crippen LogP contribution in [0.15, 0.2) is 18.2 Å². The van der Waals surface area contributed by atoms with Crippen LogP contribution in [0.25, 0.3) is 0 Å². The maximum absolute atomic E-state index is 12.9. The molecule has 1 aromatic heterocycles. The number of nitrogens with zero attached hydrogens (tertiary/aromatic N) is 3. The van der Waals surface area contributed by atoms with Crippen molar-refractivity contribution in [3.05, 3.63) is 40.6 Å². The summed E-state index contributed by atoms with van der Waals surface area (Å²) in [5.41, 5.74) is -0.530. The van der Waals surface area contributed by atoms with Crippen LogP contribution in [0.2, 0.25) is 0 Å². The third-order valence-electron chi connectivity index (χ3n) is 2.68. The number of aryl methyl sites for hydroxylation is 1. The number of rotatable bonds is 2. The van der Waals surface area contributed by atoms with Gasteiger partial charge in [0.25, 0.3) is 0 Å². The van der Waals surface area contributed by atoms with Crippen LogP contribution in [-0.4, -0.2) is 4.37 Å². The molecule has 106 valence electrons. The van der Waals surface area contributed by atoms with Crippen molar-refractivity contribution in [3.8, 4) is 12.1 Å². The molecule has 2 rings (SSSR count). The van der Waals surface area contributed by atoms with E-state index >= 15 is 0 Å². The summed E-state index contributed by atoms with van der Waals surface area (Å²) in [4.78, 5) is 0. The zero-order valence-electron chi connectivity index (χ0n) is 10.6. The van der Waals surface area contributed by atoms with E-state index in [-0.39, 0.29) is 11.3 Å². The lowest BCUT2D eigenvalue weighted by Crippen LogP contribution is -2.08. The fourth-order valence-electron chi connectivity index (χ4n) is 1.67. The van der Waals surface area contributed by atoms with E-state index in [2.05, 4.69) is 9.69 Å². The second-order valence-electron chi connectivity index (χ2n) is 4.08. The lowest BCUT2D eigenvalue weighted by molar-refractivity contribution is -0.137. The van der Waals surface area contributed by atoms with E-state index < -0.39 is 17.3 Å². The standard InChI is InChI=1S/C13H7F3N4S/c1-7-10(6-18)12(21-20-7)19-9-3-2-8(5-17)11(4-9)13(14,15)16/h2-4,19H,1H3. The Morgan fingerprint density at radius 1 is 1.24 bits per heavy atom. The Kier molecular flexibility index (Phi) is 3.83. The van der Waals surface area contributed by atoms with Crippen LogP contribution in [0.5, 0.6) is 0 Å². The quantitative estimate of drug-likeness (QED) is 0.911. The van der Waals surface area contributed by atoms with Crippen LogP contribution < -0.4 is 5.32 Å². The molecule has 0 aliphatic carbocycles. The molecular weight excluding hydrogens is 301 g/mol. The predicted octanol–water partition coefficient (Wildman–Crippen LogP) is 3.96. The first-order valence-electron chi connectivity index (χ1n) is 5.61.